The van der Waals surface area contributed by atoms with Crippen LogP contribution in [0.3, 0.4) is 0 Å². The minimum Gasteiger partial charge on any atom is -0.393 e. The Kier molecular flexibility index (Phi) is 4.11. The van der Waals surface area contributed by atoms with Crippen molar-refractivity contribution in [3.63, 3.8) is 0 Å². The van der Waals surface area contributed by atoms with E-state index in [0.717, 1.165) is 36.8 Å². The van der Waals surface area contributed by atoms with E-state index in [1.54, 1.807) is 18.0 Å². The van der Waals surface area contributed by atoms with Gasteiger partial charge in [-0.2, -0.15) is 0 Å². The van der Waals surface area contributed by atoms with Crippen molar-refractivity contribution in [1.82, 2.24) is 15.0 Å². The topological polar surface area (TPSA) is 79.5 Å². The van der Waals surface area contributed by atoms with Gasteiger partial charge in [-0.3, -0.25) is 4.79 Å². The summed E-state index contributed by atoms with van der Waals surface area (Å²) in [7, 11) is 1.77. The maximum absolute atomic E-state index is 12.6. The fourth-order valence-electron chi connectivity index (χ4n) is 3.12. The van der Waals surface area contributed by atoms with Gasteiger partial charge in [-0.15, -0.1) is 0 Å². The quantitative estimate of drug-likeness (QED) is 0.940. The van der Waals surface area contributed by atoms with Crippen LogP contribution in [0.25, 0.3) is 11.1 Å². The SMILES string of the molecule is Cc1noc2ncc(C(=O)N(C)CC3CCCCC3O)cc12. The van der Waals surface area contributed by atoms with Gasteiger partial charge in [0, 0.05) is 25.7 Å². The van der Waals surface area contributed by atoms with E-state index in [4.69, 9.17) is 4.52 Å². The fourth-order valence-corrected chi connectivity index (χ4v) is 3.12. The molecular weight excluding hydrogens is 282 g/mol. The highest BCUT2D eigenvalue weighted by Crippen LogP contribution is 2.25. The Labute approximate surface area is 129 Å². The highest BCUT2D eigenvalue weighted by atomic mass is 16.5. The van der Waals surface area contributed by atoms with Gasteiger partial charge in [0.2, 0.25) is 0 Å². The largest absolute Gasteiger partial charge is 0.393 e. The molecule has 2 aromatic heterocycles. The van der Waals surface area contributed by atoms with E-state index in [-0.39, 0.29) is 17.9 Å². The molecule has 1 aliphatic rings. The van der Waals surface area contributed by atoms with Crippen molar-refractivity contribution in [3.8, 4) is 0 Å². The van der Waals surface area contributed by atoms with Gasteiger partial charge in [0.1, 0.15) is 0 Å². The van der Waals surface area contributed by atoms with Crippen molar-refractivity contribution >= 4 is 17.0 Å². The number of amides is 1. The molecule has 118 valence electrons. The van der Waals surface area contributed by atoms with Gasteiger partial charge in [-0.25, -0.2) is 4.98 Å². The van der Waals surface area contributed by atoms with Gasteiger partial charge < -0.3 is 14.5 Å². The Morgan fingerprint density at radius 3 is 3.00 bits per heavy atom. The number of carbonyl (C=O) groups excluding carboxylic acids is 1. The number of carbonyl (C=O) groups is 1. The second kappa shape index (κ2) is 6.04. The predicted molar refractivity (Wildman–Crippen MR) is 81.5 cm³/mol. The number of aryl methyl sites for hydroxylation is 1. The van der Waals surface area contributed by atoms with Crippen molar-refractivity contribution in [3.05, 3.63) is 23.5 Å². The number of nitrogens with zero attached hydrogens (tertiary/aromatic N) is 3. The van der Waals surface area contributed by atoms with Crippen LogP contribution in [0, 0.1) is 12.8 Å². The van der Waals surface area contributed by atoms with Gasteiger partial charge >= 0.3 is 0 Å². The third-order valence-corrected chi connectivity index (χ3v) is 4.48. The van der Waals surface area contributed by atoms with Crippen LogP contribution in [0.4, 0.5) is 0 Å². The number of fused-ring (bicyclic) bond motifs is 1. The van der Waals surface area contributed by atoms with Crippen LogP contribution in [-0.2, 0) is 0 Å². The number of hydrogen-bond donors (Lipinski definition) is 1. The first kappa shape index (κ1) is 15.0. The average molecular weight is 303 g/mol. The number of aromatic nitrogens is 2. The molecule has 2 aromatic rings. The van der Waals surface area contributed by atoms with E-state index >= 15 is 0 Å². The molecule has 1 N–H and O–H groups in total. The van der Waals surface area contributed by atoms with Crippen LogP contribution >= 0.6 is 0 Å². The first-order chi connectivity index (χ1) is 10.6. The Hall–Kier alpha value is -1.95. The van der Waals surface area contributed by atoms with Crippen molar-refractivity contribution in [1.29, 1.82) is 0 Å². The predicted octanol–water partition coefficient (Wildman–Crippen LogP) is 2.15. The number of rotatable bonds is 3. The van der Waals surface area contributed by atoms with E-state index in [0.29, 0.717) is 17.8 Å². The van der Waals surface area contributed by atoms with Gasteiger partial charge in [-0.1, -0.05) is 18.0 Å². The summed E-state index contributed by atoms with van der Waals surface area (Å²) in [5.74, 6) is 0.0736. The molecule has 0 spiro atoms. The lowest BCUT2D eigenvalue weighted by atomic mass is 9.86. The van der Waals surface area contributed by atoms with Crippen LogP contribution in [0.5, 0.6) is 0 Å². The third-order valence-electron chi connectivity index (χ3n) is 4.48. The summed E-state index contributed by atoms with van der Waals surface area (Å²) in [6.45, 7) is 2.39. The van der Waals surface area contributed by atoms with Crippen molar-refractivity contribution in [2.24, 2.45) is 5.92 Å². The molecule has 2 unspecified atom stereocenters. The summed E-state index contributed by atoms with van der Waals surface area (Å²) in [6, 6.07) is 1.77. The smallest absolute Gasteiger partial charge is 0.257 e. The molecule has 3 rings (SSSR count). The standard InChI is InChI=1S/C16H21N3O3/c1-10-13-7-12(8-17-15(13)22-18-10)16(21)19(2)9-11-5-3-4-6-14(11)20/h7-8,11,14,20H,3-6,9H2,1-2H3. The Morgan fingerprint density at radius 1 is 1.45 bits per heavy atom. The molecule has 0 bridgehead atoms. The Bertz CT molecular complexity index is 682. The minimum atomic E-state index is -0.301. The lowest BCUT2D eigenvalue weighted by Gasteiger charge is -2.31. The minimum absolute atomic E-state index is 0.0900. The average Bonchev–Trinajstić information content (AvgIpc) is 2.89. The van der Waals surface area contributed by atoms with E-state index in [1.165, 1.54) is 6.20 Å². The third kappa shape index (κ3) is 2.83. The molecule has 0 aliphatic heterocycles. The Balaban J connectivity index is 1.74. The van der Waals surface area contributed by atoms with Crippen LogP contribution in [0.1, 0.15) is 41.7 Å². The van der Waals surface area contributed by atoms with E-state index in [2.05, 4.69) is 10.1 Å². The van der Waals surface area contributed by atoms with E-state index < -0.39 is 0 Å². The monoisotopic (exact) mass is 303 g/mol. The number of hydrogen-bond acceptors (Lipinski definition) is 5. The van der Waals surface area contributed by atoms with Gasteiger partial charge in [-0.05, 0) is 25.8 Å². The van der Waals surface area contributed by atoms with Gasteiger partial charge in [0.25, 0.3) is 11.6 Å². The summed E-state index contributed by atoms with van der Waals surface area (Å²) in [6.07, 6.45) is 5.22. The maximum Gasteiger partial charge on any atom is 0.257 e. The molecule has 6 nitrogen and oxygen atoms in total. The Morgan fingerprint density at radius 2 is 2.23 bits per heavy atom. The summed E-state index contributed by atoms with van der Waals surface area (Å²) in [5.41, 5.74) is 1.69. The molecular formula is C16H21N3O3. The molecule has 1 amide bonds. The molecule has 6 heteroatoms. The van der Waals surface area contributed by atoms with Gasteiger partial charge in [0.15, 0.2) is 0 Å². The molecule has 2 atom stereocenters. The lowest BCUT2D eigenvalue weighted by Crippen LogP contribution is -2.38. The van der Waals surface area contributed by atoms with Gasteiger partial charge in [0.05, 0.1) is 22.7 Å². The van der Waals surface area contributed by atoms with E-state index in [1.807, 2.05) is 6.92 Å². The first-order valence-electron chi connectivity index (χ1n) is 7.72. The summed E-state index contributed by atoms with van der Waals surface area (Å²) >= 11 is 0. The second-order valence-corrected chi connectivity index (χ2v) is 6.14. The second-order valence-electron chi connectivity index (χ2n) is 6.14. The van der Waals surface area contributed by atoms with Crippen LogP contribution < -0.4 is 0 Å². The molecule has 1 aliphatic carbocycles. The first-order valence-corrected chi connectivity index (χ1v) is 7.72. The molecule has 2 heterocycles. The molecule has 22 heavy (non-hydrogen) atoms. The van der Waals surface area contributed by atoms with Crippen LogP contribution in [0.2, 0.25) is 0 Å². The normalized spacial score (nSPS) is 22.0. The molecule has 1 saturated carbocycles. The number of pyridine rings is 1. The van der Waals surface area contributed by atoms with Crippen molar-refractivity contribution in [2.45, 2.75) is 38.7 Å². The molecule has 0 saturated heterocycles. The lowest BCUT2D eigenvalue weighted by molar-refractivity contribution is 0.0451. The highest BCUT2D eigenvalue weighted by molar-refractivity contribution is 5.96. The molecule has 0 aromatic carbocycles. The maximum atomic E-state index is 12.6. The van der Waals surface area contributed by atoms with E-state index in [9.17, 15) is 9.90 Å². The molecule has 0 radical (unpaired) electrons. The summed E-state index contributed by atoms with van der Waals surface area (Å²) in [5, 5.41) is 14.7. The fraction of sp³-hybridized carbons (Fsp3) is 0.562. The summed E-state index contributed by atoms with van der Waals surface area (Å²) < 4.78 is 5.06. The molecule has 1 fully saturated rings. The number of aliphatic hydroxyl groups excluding tert-OH is 1. The number of aliphatic hydroxyl groups is 1. The van der Waals surface area contributed by atoms with Crippen LogP contribution in [-0.4, -0.2) is 45.8 Å². The van der Waals surface area contributed by atoms with Crippen LogP contribution in [0.15, 0.2) is 16.8 Å². The summed E-state index contributed by atoms with van der Waals surface area (Å²) in [4.78, 5) is 18.4. The van der Waals surface area contributed by atoms with Crippen molar-refractivity contribution < 1.29 is 14.4 Å². The zero-order valence-electron chi connectivity index (χ0n) is 13.0. The highest BCUT2D eigenvalue weighted by Gasteiger charge is 2.26. The zero-order valence-corrected chi connectivity index (χ0v) is 13.0. The zero-order chi connectivity index (χ0) is 15.7. The van der Waals surface area contributed by atoms with Crippen molar-refractivity contribution in [2.75, 3.05) is 13.6 Å².